The van der Waals surface area contributed by atoms with Gasteiger partial charge in [-0.3, -0.25) is 9.59 Å². The molecule has 0 aromatic rings. The number of aliphatic carboxylic acids is 1. The number of carboxylic acid groups (broad SMARTS) is 1. The molecule has 1 fully saturated rings. The topological polar surface area (TPSA) is 57.6 Å². The lowest BCUT2D eigenvalue weighted by Gasteiger charge is -2.30. The second-order valence-corrected chi connectivity index (χ2v) is 4.96. The van der Waals surface area contributed by atoms with Gasteiger partial charge in [-0.2, -0.15) is 0 Å². The Morgan fingerprint density at radius 2 is 1.83 bits per heavy atom. The quantitative estimate of drug-likeness (QED) is 0.739. The molecule has 0 saturated heterocycles. The Balaban J connectivity index is 2.51. The predicted molar refractivity (Wildman–Crippen MR) is 70.2 cm³/mol. The van der Waals surface area contributed by atoms with E-state index < -0.39 is 5.97 Å². The van der Waals surface area contributed by atoms with E-state index in [2.05, 4.69) is 6.58 Å². The van der Waals surface area contributed by atoms with Crippen molar-refractivity contribution >= 4 is 11.9 Å². The molecule has 1 rings (SSSR count). The van der Waals surface area contributed by atoms with Gasteiger partial charge in [0.25, 0.3) is 0 Å². The van der Waals surface area contributed by atoms with E-state index in [1.54, 1.807) is 6.08 Å². The normalized spacial score (nSPS) is 23.4. The standard InChI is InChI=1S/C14H23NO3/c1-3-9-15(10-4-2)13(16)11-5-7-12(8-6-11)14(17)18/h3,11-12H,1,4-10H2,2H3,(H,17,18). The highest BCUT2D eigenvalue weighted by molar-refractivity contribution is 5.79. The summed E-state index contributed by atoms with van der Waals surface area (Å²) >= 11 is 0. The second kappa shape index (κ2) is 7.19. The Morgan fingerprint density at radius 3 is 2.28 bits per heavy atom. The van der Waals surface area contributed by atoms with Gasteiger partial charge in [0.2, 0.25) is 5.91 Å². The van der Waals surface area contributed by atoms with Gasteiger partial charge in [0.05, 0.1) is 5.92 Å². The van der Waals surface area contributed by atoms with Gasteiger partial charge in [-0.25, -0.2) is 0 Å². The molecule has 1 amide bonds. The summed E-state index contributed by atoms with van der Waals surface area (Å²) in [7, 11) is 0. The van der Waals surface area contributed by atoms with Gasteiger partial charge in [-0.05, 0) is 32.1 Å². The molecule has 0 radical (unpaired) electrons. The third kappa shape index (κ3) is 3.86. The summed E-state index contributed by atoms with van der Waals surface area (Å²) in [6.07, 6.45) is 5.33. The number of carbonyl (C=O) groups is 2. The van der Waals surface area contributed by atoms with Crippen LogP contribution in [0.3, 0.4) is 0 Å². The molecule has 4 heteroatoms. The van der Waals surface area contributed by atoms with Gasteiger partial charge >= 0.3 is 5.97 Å². The van der Waals surface area contributed by atoms with Crippen molar-refractivity contribution < 1.29 is 14.7 Å². The molecule has 18 heavy (non-hydrogen) atoms. The lowest BCUT2D eigenvalue weighted by Crippen LogP contribution is -2.38. The maximum atomic E-state index is 12.3. The lowest BCUT2D eigenvalue weighted by molar-refractivity contribution is -0.145. The van der Waals surface area contributed by atoms with Gasteiger partial charge in [0.15, 0.2) is 0 Å². The summed E-state index contributed by atoms with van der Waals surface area (Å²) in [5.74, 6) is -0.807. The van der Waals surface area contributed by atoms with Gasteiger partial charge in [-0.1, -0.05) is 13.0 Å². The number of rotatable bonds is 6. The first-order valence-corrected chi connectivity index (χ1v) is 6.72. The highest BCUT2D eigenvalue weighted by Crippen LogP contribution is 2.30. The summed E-state index contributed by atoms with van der Waals surface area (Å²) < 4.78 is 0. The van der Waals surface area contributed by atoms with Crippen molar-refractivity contribution in [3.8, 4) is 0 Å². The van der Waals surface area contributed by atoms with Crippen LogP contribution in [0.1, 0.15) is 39.0 Å². The molecule has 1 aliphatic carbocycles. The van der Waals surface area contributed by atoms with E-state index in [9.17, 15) is 9.59 Å². The fraction of sp³-hybridized carbons (Fsp3) is 0.714. The summed E-state index contributed by atoms with van der Waals surface area (Å²) in [6, 6.07) is 0. The highest BCUT2D eigenvalue weighted by Gasteiger charge is 2.31. The van der Waals surface area contributed by atoms with E-state index in [1.165, 1.54) is 0 Å². The molecular weight excluding hydrogens is 230 g/mol. The van der Waals surface area contributed by atoms with Gasteiger partial charge < -0.3 is 10.0 Å². The highest BCUT2D eigenvalue weighted by atomic mass is 16.4. The zero-order chi connectivity index (χ0) is 13.5. The van der Waals surface area contributed by atoms with Crippen molar-refractivity contribution in [2.45, 2.75) is 39.0 Å². The Labute approximate surface area is 109 Å². The maximum Gasteiger partial charge on any atom is 0.306 e. The van der Waals surface area contributed by atoms with E-state index in [-0.39, 0.29) is 17.7 Å². The zero-order valence-corrected chi connectivity index (χ0v) is 11.1. The monoisotopic (exact) mass is 253 g/mol. The molecule has 0 heterocycles. The van der Waals surface area contributed by atoms with Crippen LogP contribution in [0.2, 0.25) is 0 Å². The minimum atomic E-state index is -0.725. The fourth-order valence-electron chi connectivity index (χ4n) is 2.56. The number of carboxylic acids is 1. The Bertz CT molecular complexity index is 306. The Morgan fingerprint density at radius 1 is 1.28 bits per heavy atom. The molecule has 0 atom stereocenters. The molecule has 1 saturated carbocycles. The smallest absolute Gasteiger partial charge is 0.306 e. The molecular formula is C14H23NO3. The number of carbonyl (C=O) groups excluding carboxylic acids is 1. The molecule has 102 valence electrons. The van der Waals surface area contributed by atoms with E-state index in [1.807, 2.05) is 11.8 Å². The van der Waals surface area contributed by atoms with Crippen LogP contribution in [0.25, 0.3) is 0 Å². The average Bonchev–Trinajstić information content (AvgIpc) is 2.38. The van der Waals surface area contributed by atoms with E-state index in [4.69, 9.17) is 5.11 Å². The van der Waals surface area contributed by atoms with Crippen molar-refractivity contribution in [3.63, 3.8) is 0 Å². The minimum Gasteiger partial charge on any atom is -0.481 e. The third-order valence-corrected chi connectivity index (χ3v) is 3.58. The Hall–Kier alpha value is -1.32. The van der Waals surface area contributed by atoms with E-state index >= 15 is 0 Å². The first kappa shape index (κ1) is 14.7. The number of hydrogen-bond acceptors (Lipinski definition) is 2. The van der Waals surface area contributed by atoms with Gasteiger partial charge in [-0.15, -0.1) is 6.58 Å². The van der Waals surface area contributed by atoms with Crippen LogP contribution in [0.5, 0.6) is 0 Å². The molecule has 0 aliphatic heterocycles. The fourth-order valence-corrected chi connectivity index (χ4v) is 2.56. The Kier molecular flexibility index (Phi) is 5.89. The van der Waals surface area contributed by atoms with Crippen molar-refractivity contribution in [1.29, 1.82) is 0 Å². The first-order valence-electron chi connectivity index (χ1n) is 6.72. The number of nitrogens with zero attached hydrogens (tertiary/aromatic N) is 1. The van der Waals surface area contributed by atoms with E-state index in [0.29, 0.717) is 32.2 Å². The molecule has 4 nitrogen and oxygen atoms in total. The van der Waals surface area contributed by atoms with Crippen LogP contribution in [-0.2, 0) is 9.59 Å². The second-order valence-electron chi connectivity index (χ2n) is 4.96. The van der Waals surface area contributed by atoms with Gasteiger partial charge in [0.1, 0.15) is 0 Å². The zero-order valence-electron chi connectivity index (χ0n) is 11.1. The molecule has 0 bridgehead atoms. The first-order chi connectivity index (χ1) is 8.60. The summed E-state index contributed by atoms with van der Waals surface area (Å²) in [5.41, 5.74) is 0. The molecule has 0 aromatic heterocycles. The summed E-state index contributed by atoms with van der Waals surface area (Å²) in [5, 5.41) is 8.93. The van der Waals surface area contributed by atoms with Crippen molar-refractivity contribution in [3.05, 3.63) is 12.7 Å². The summed E-state index contributed by atoms with van der Waals surface area (Å²) in [6.45, 7) is 7.06. The molecule has 0 unspecified atom stereocenters. The predicted octanol–water partition coefficient (Wildman–Crippen LogP) is 2.30. The SMILES string of the molecule is C=CCN(CCC)C(=O)C1CCC(C(=O)O)CC1. The molecule has 0 spiro atoms. The number of hydrogen-bond donors (Lipinski definition) is 1. The van der Waals surface area contributed by atoms with Crippen molar-refractivity contribution in [2.24, 2.45) is 11.8 Å². The molecule has 1 aliphatic rings. The molecule has 0 aromatic carbocycles. The molecule has 1 N–H and O–H groups in total. The third-order valence-electron chi connectivity index (χ3n) is 3.58. The van der Waals surface area contributed by atoms with Crippen LogP contribution < -0.4 is 0 Å². The maximum absolute atomic E-state index is 12.3. The van der Waals surface area contributed by atoms with E-state index in [0.717, 1.165) is 13.0 Å². The van der Waals surface area contributed by atoms with Crippen LogP contribution in [0.15, 0.2) is 12.7 Å². The van der Waals surface area contributed by atoms with Gasteiger partial charge in [0, 0.05) is 19.0 Å². The lowest BCUT2D eigenvalue weighted by atomic mass is 9.81. The van der Waals surface area contributed by atoms with Crippen molar-refractivity contribution in [2.75, 3.05) is 13.1 Å². The average molecular weight is 253 g/mol. The summed E-state index contributed by atoms with van der Waals surface area (Å²) in [4.78, 5) is 25.0. The van der Waals surface area contributed by atoms with Crippen molar-refractivity contribution in [1.82, 2.24) is 4.90 Å². The largest absolute Gasteiger partial charge is 0.481 e. The minimum absolute atomic E-state index is 0.00657. The van der Waals surface area contributed by atoms with Crippen LogP contribution in [0.4, 0.5) is 0 Å². The van der Waals surface area contributed by atoms with Crippen LogP contribution in [-0.4, -0.2) is 35.0 Å². The van der Waals surface area contributed by atoms with Crippen LogP contribution in [0, 0.1) is 11.8 Å². The number of amides is 1. The van der Waals surface area contributed by atoms with Crippen LogP contribution >= 0.6 is 0 Å².